The fraction of sp³-hybridized carbons (Fsp3) is 0.0968. The van der Waals surface area contributed by atoms with Crippen molar-refractivity contribution >= 4 is 144 Å². The third-order valence-corrected chi connectivity index (χ3v) is 32.5. The predicted molar refractivity (Wildman–Crippen MR) is 550 cm³/mol. The summed E-state index contributed by atoms with van der Waals surface area (Å²) in [5.41, 5.74) is 40.8. The van der Waals surface area contributed by atoms with Gasteiger partial charge in [0.25, 0.3) is 0 Å². The summed E-state index contributed by atoms with van der Waals surface area (Å²) in [5.74, 6) is 0. The summed E-state index contributed by atoms with van der Waals surface area (Å²) in [6.07, 6.45) is 0. The van der Waals surface area contributed by atoms with Crippen molar-refractivity contribution in [2.24, 2.45) is 0 Å². The average Bonchev–Trinajstić information content (AvgIpc) is 1.55. The number of fused-ring (bicyclic) bond motifs is 30. The molecular weight excluding hydrogens is 1610 g/mol. The van der Waals surface area contributed by atoms with Crippen LogP contribution in [0, 0.1) is 0 Å². The van der Waals surface area contributed by atoms with Crippen molar-refractivity contribution in [1.82, 2.24) is 9.13 Å². The Hall–Kier alpha value is -14.7. The summed E-state index contributed by atoms with van der Waals surface area (Å²) in [5, 5.41) is 15.4. The lowest BCUT2D eigenvalue weighted by molar-refractivity contribution is 0.659. The summed E-state index contributed by atoms with van der Waals surface area (Å²) in [4.78, 5) is 10.0. The third-order valence-electron chi connectivity index (χ3n) is 30.3. The van der Waals surface area contributed by atoms with Crippen LogP contribution in [0.3, 0.4) is 0 Å². The van der Waals surface area contributed by atoms with Gasteiger partial charge in [-0.15, -0.1) is 0 Å². The van der Waals surface area contributed by atoms with E-state index < -0.39 is 0 Å². The lowest BCUT2D eigenvalue weighted by Gasteiger charge is -2.33. The molecule has 0 unspecified atom stereocenters. The molecule has 22 aromatic rings. The Morgan fingerprint density at radius 2 is 0.431 bits per heavy atom. The van der Waals surface area contributed by atoms with Gasteiger partial charge in [0.2, 0.25) is 0 Å². The minimum Gasteiger partial charge on any atom is -0.309 e. The number of aromatic nitrogens is 2. The van der Waals surface area contributed by atoms with Gasteiger partial charge in [0, 0.05) is 96.3 Å². The van der Waals surface area contributed by atoms with Gasteiger partial charge in [0.15, 0.2) is 0 Å². The summed E-state index contributed by atoms with van der Waals surface area (Å²) < 4.78 is 5.06. The van der Waals surface area contributed by atoms with Crippen molar-refractivity contribution in [1.29, 1.82) is 0 Å². The molecule has 0 saturated carbocycles. The highest BCUT2D eigenvalue weighted by molar-refractivity contribution is 8.00. The monoisotopic (exact) mass is 1700 g/mol. The van der Waals surface area contributed by atoms with E-state index in [0.29, 0.717) is 0 Å². The summed E-state index contributed by atoms with van der Waals surface area (Å²) in [6, 6.07) is 146. The lowest BCUT2D eigenvalue weighted by atomic mass is 9.80. The van der Waals surface area contributed by atoms with Crippen molar-refractivity contribution < 1.29 is 0 Å². The largest absolute Gasteiger partial charge is 0.309 e. The Morgan fingerprint density at radius 3 is 0.746 bits per heavy atom. The minimum absolute atomic E-state index is 0.160. The number of rotatable bonds is 6. The van der Waals surface area contributed by atoms with Crippen LogP contribution < -0.4 is 9.80 Å². The van der Waals surface area contributed by atoms with Gasteiger partial charge in [-0.3, -0.25) is 0 Å². The van der Waals surface area contributed by atoms with Crippen LogP contribution in [0.1, 0.15) is 99.9 Å². The molecule has 4 nitrogen and oxygen atoms in total. The topological polar surface area (TPSA) is 16.3 Å². The van der Waals surface area contributed by atoms with Crippen LogP contribution in [0.4, 0.5) is 34.1 Å². The highest BCUT2D eigenvalue weighted by Gasteiger charge is 2.43. The third kappa shape index (κ3) is 10.7. The van der Waals surface area contributed by atoms with Gasteiger partial charge < -0.3 is 18.9 Å². The first kappa shape index (κ1) is 75.5. The molecule has 28 rings (SSSR count). The van der Waals surface area contributed by atoms with Crippen molar-refractivity contribution in [2.75, 3.05) is 9.80 Å². The van der Waals surface area contributed by atoms with Crippen molar-refractivity contribution in [3.05, 3.63) is 433 Å². The highest BCUT2D eigenvalue weighted by Crippen LogP contribution is 2.61. The van der Waals surface area contributed by atoms with E-state index >= 15 is 0 Å². The van der Waals surface area contributed by atoms with Crippen molar-refractivity contribution in [2.45, 2.75) is 96.6 Å². The Kier molecular flexibility index (Phi) is 15.9. The molecule has 0 N–H and O–H groups in total. The second-order valence-corrected chi connectivity index (χ2v) is 40.8. The van der Waals surface area contributed by atoms with E-state index in [4.69, 9.17) is 0 Å². The van der Waals surface area contributed by atoms with Crippen LogP contribution in [-0.2, 0) is 21.7 Å². The van der Waals surface area contributed by atoms with Crippen molar-refractivity contribution in [3.63, 3.8) is 0 Å². The Bertz CT molecular complexity index is 8180. The molecule has 0 fully saturated rings. The number of nitrogens with zero attached hydrogens (tertiary/aromatic N) is 4. The number of para-hydroxylation sites is 4. The zero-order valence-electron chi connectivity index (χ0n) is 73.6. The Labute approximate surface area is 765 Å². The van der Waals surface area contributed by atoms with Crippen LogP contribution in [0.2, 0.25) is 0 Å². The number of hydrogen-bond donors (Lipinski definition) is 0. The SMILES string of the molecule is CC1(C)c2cc(-c3ccc4c(c3)C(C)(C)c3cc(-n5c6ccc7ccccc7c6c6ccc7ccccc7c65)ccc3-4)ccc2-c2ccc(-n3c4ccc5ccccc5c4c4ccc5ccccc5c43)cc21.CC1(C)c2cc(-c3ccc4c(c3)C(C)(C)c3cc(N5c6ccccc6Sc6ccccc65)ccc3-4)ccc2-c2ccc(N3c4ccccc4Sc4ccccc43)cc21. The van der Waals surface area contributed by atoms with Gasteiger partial charge in [-0.2, -0.15) is 0 Å². The maximum Gasteiger partial charge on any atom is 0.0619 e. The van der Waals surface area contributed by atoms with E-state index in [1.54, 1.807) is 0 Å². The smallest absolute Gasteiger partial charge is 0.0619 e. The zero-order chi connectivity index (χ0) is 86.7. The average molecular weight is 1700 g/mol. The van der Waals surface area contributed by atoms with Gasteiger partial charge in [-0.25, -0.2) is 0 Å². The molecule has 6 heteroatoms. The molecule has 616 valence electrons. The summed E-state index contributed by atoms with van der Waals surface area (Å²) >= 11 is 3.71. The first-order valence-corrected chi connectivity index (χ1v) is 47.3. The van der Waals surface area contributed by atoms with Gasteiger partial charge in [0.05, 0.1) is 44.8 Å². The first-order chi connectivity index (χ1) is 63.5. The van der Waals surface area contributed by atoms with Gasteiger partial charge >= 0.3 is 0 Å². The fourth-order valence-electron chi connectivity index (χ4n) is 23.8. The van der Waals surface area contributed by atoms with E-state index in [9.17, 15) is 0 Å². The molecule has 0 amide bonds. The summed E-state index contributed by atoms with van der Waals surface area (Å²) in [7, 11) is 0. The molecule has 20 aromatic carbocycles. The molecule has 0 spiro atoms. The Morgan fingerprint density at radius 1 is 0.192 bits per heavy atom. The quantitative estimate of drug-likeness (QED) is 0.165. The predicted octanol–water partition coefficient (Wildman–Crippen LogP) is 34.6. The summed E-state index contributed by atoms with van der Waals surface area (Å²) in [6.45, 7) is 19.3. The molecular formula is C124H88N4S2. The van der Waals surface area contributed by atoms with Crippen LogP contribution in [-0.4, -0.2) is 9.13 Å². The van der Waals surface area contributed by atoms with E-state index in [1.807, 2.05) is 23.5 Å². The molecule has 4 heterocycles. The van der Waals surface area contributed by atoms with E-state index in [0.717, 1.165) is 0 Å². The molecule has 130 heavy (non-hydrogen) atoms. The second kappa shape index (κ2) is 27.4. The van der Waals surface area contributed by atoms with E-state index in [-0.39, 0.29) is 21.7 Å². The maximum absolute atomic E-state index is 2.53. The second-order valence-electron chi connectivity index (χ2n) is 38.6. The molecule has 4 aliphatic carbocycles. The number of anilines is 6. The Balaban J connectivity index is 0.000000137. The highest BCUT2D eigenvalue weighted by atomic mass is 32.2. The normalized spacial score (nSPS) is 14.9. The molecule has 0 atom stereocenters. The van der Waals surface area contributed by atoms with Crippen LogP contribution in [0.25, 0.3) is 165 Å². The van der Waals surface area contributed by atoms with Gasteiger partial charge in [0.1, 0.15) is 0 Å². The van der Waals surface area contributed by atoms with Crippen LogP contribution >= 0.6 is 23.5 Å². The van der Waals surface area contributed by atoms with E-state index in [2.05, 4.69) is 463 Å². The van der Waals surface area contributed by atoms with E-state index in [1.165, 1.54) is 263 Å². The molecule has 2 aromatic heterocycles. The molecule has 2 aliphatic heterocycles. The molecule has 0 bridgehead atoms. The van der Waals surface area contributed by atoms with Gasteiger partial charge in [-0.1, -0.05) is 334 Å². The number of benzene rings is 20. The molecule has 0 radical (unpaired) electrons. The number of hydrogen-bond acceptors (Lipinski definition) is 4. The maximum atomic E-state index is 2.53. The molecule has 0 saturated heterocycles. The fourth-order valence-corrected chi connectivity index (χ4v) is 25.9. The zero-order valence-corrected chi connectivity index (χ0v) is 75.2. The van der Waals surface area contributed by atoms with Crippen LogP contribution in [0.15, 0.2) is 408 Å². The first-order valence-electron chi connectivity index (χ1n) is 45.7. The lowest BCUT2D eigenvalue weighted by Crippen LogP contribution is -2.18. The van der Waals surface area contributed by atoms with Gasteiger partial charge in [-0.05, 0) is 277 Å². The van der Waals surface area contributed by atoms with Crippen molar-refractivity contribution in [3.8, 4) is 78.1 Å². The van der Waals surface area contributed by atoms with Crippen LogP contribution in [0.5, 0.6) is 0 Å². The molecule has 6 aliphatic rings. The minimum atomic E-state index is -0.211. The standard InChI is InChI=1S/C70H48N2.C54H40N2S2/c1-69(2)59-37-45(23-29-53(59)55-33-27-47(39-61(55)69)71-63-35-25-41-13-5-9-17-49(41)65(63)57-31-21-43-15-7-11-19-51(43)67(57)71)46-24-30-54-56-34-28-48(40-62(56)70(3,4)60(54)38-46)72-64-36-26-42-14-6-10-18-50(42)66(64)58-32-22-44-16-8-12-20-52(44)68(58)72;1-53(2)41-29-33(21-25-37(41)39-27-23-35(31-43(39)53)55-45-13-5-9-17-49(45)57-50-18-10-6-14-46(50)55)34-22-26-38-40-28-24-36(32-44(40)54(3,4)42(38)30-34)56-47-15-7-11-19-51(47)58-52-20-12-8-16-48(52)56/h5-40H,1-4H3;5-32H,1-4H3.